The van der Waals surface area contributed by atoms with Gasteiger partial charge in [-0.15, -0.1) is 5.10 Å². The van der Waals surface area contributed by atoms with E-state index < -0.39 is 5.97 Å². The summed E-state index contributed by atoms with van der Waals surface area (Å²) < 4.78 is 4.73. The molecule has 8 nitrogen and oxygen atoms in total. The Labute approximate surface area is 176 Å². The van der Waals surface area contributed by atoms with Crippen molar-refractivity contribution < 1.29 is 9.53 Å². The summed E-state index contributed by atoms with van der Waals surface area (Å²) in [5.41, 5.74) is 2.73. The van der Waals surface area contributed by atoms with Gasteiger partial charge in [0.1, 0.15) is 5.82 Å². The SMILES string of the molecule is CCc1ccc(-c2nc(SCc3nc4cc(C(=O)OC)ccc4c(=O)[nH]3)n[nH]2)cc1. The summed E-state index contributed by atoms with van der Waals surface area (Å²) in [6.45, 7) is 2.11. The van der Waals surface area contributed by atoms with Gasteiger partial charge in [-0.2, -0.15) is 0 Å². The number of esters is 1. The Kier molecular flexibility index (Phi) is 5.62. The molecule has 0 bridgehead atoms. The highest BCUT2D eigenvalue weighted by atomic mass is 32.2. The van der Waals surface area contributed by atoms with Crippen molar-refractivity contribution in [2.24, 2.45) is 0 Å². The molecule has 30 heavy (non-hydrogen) atoms. The van der Waals surface area contributed by atoms with E-state index in [1.807, 2.05) is 12.1 Å². The largest absolute Gasteiger partial charge is 0.465 e. The number of ether oxygens (including phenoxy) is 1. The number of carbonyl (C=O) groups excluding carboxylic acids is 1. The zero-order valence-corrected chi connectivity index (χ0v) is 17.2. The molecule has 0 atom stereocenters. The third-order valence-corrected chi connectivity index (χ3v) is 5.47. The van der Waals surface area contributed by atoms with Crippen molar-refractivity contribution in [2.45, 2.75) is 24.3 Å². The Morgan fingerprint density at radius 3 is 2.67 bits per heavy atom. The van der Waals surface area contributed by atoms with Crippen LogP contribution in [0, 0.1) is 0 Å². The topological polar surface area (TPSA) is 114 Å². The van der Waals surface area contributed by atoms with E-state index in [-0.39, 0.29) is 5.56 Å². The van der Waals surface area contributed by atoms with E-state index in [0.717, 1.165) is 12.0 Å². The number of hydrogen-bond acceptors (Lipinski definition) is 7. The van der Waals surface area contributed by atoms with E-state index in [0.29, 0.717) is 39.0 Å². The van der Waals surface area contributed by atoms with Crippen LogP contribution in [0.25, 0.3) is 22.3 Å². The average Bonchev–Trinajstić information content (AvgIpc) is 3.26. The van der Waals surface area contributed by atoms with Crippen molar-refractivity contribution in [1.82, 2.24) is 25.1 Å². The number of carbonyl (C=O) groups is 1. The molecule has 2 aromatic carbocycles. The molecule has 0 spiro atoms. The molecule has 0 aliphatic rings. The lowest BCUT2D eigenvalue weighted by Crippen LogP contribution is -2.12. The molecule has 2 N–H and O–H groups in total. The predicted octanol–water partition coefficient (Wildman–Crippen LogP) is 3.35. The molecule has 4 aromatic rings. The second kappa shape index (κ2) is 8.50. The summed E-state index contributed by atoms with van der Waals surface area (Å²) in [6, 6.07) is 12.8. The molecule has 2 heterocycles. The first-order valence-electron chi connectivity index (χ1n) is 9.33. The highest BCUT2D eigenvalue weighted by Gasteiger charge is 2.11. The van der Waals surface area contributed by atoms with Crippen molar-refractivity contribution in [3.8, 4) is 11.4 Å². The normalized spacial score (nSPS) is 11.0. The first-order valence-corrected chi connectivity index (χ1v) is 10.3. The molecule has 0 radical (unpaired) electrons. The van der Waals surface area contributed by atoms with E-state index in [2.05, 4.69) is 44.2 Å². The smallest absolute Gasteiger partial charge is 0.337 e. The molecule has 0 aliphatic carbocycles. The number of H-pyrrole nitrogens is 2. The van der Waals surface area contributed by atoms with Crippen LogP contribution in [-0.2, 0) is 16.9 Å². The van der Waals surface area contributed by atoms with Crippen molar-refractivity contribution in [2.75, 3.05) is 7.11 Å². The lowest BCUT2D eigenvalue weighted by molar-refractivity contribution is 0.0601. The number of aryl methyl sites for hydroxylation is 1. The fourth-order valence-electron chi connectivity index (χ4n) is 2.97. The summed E-state index contributed by atoms with van der Waals surface area (Å²) in [4.78, 5) is 35.8. The van der Waals surface area contributed by atoms with Crippen molar-refractivity contribution in [3.63, 3.8) is 0 Å². The Bertz CT molecular complexity index is 1260. The van der Waals surface area contributed by atoms with Crippen LogP contribution in [0.3, 0.4) is 0 Å². The minimum absolute atomic E-state index is 0.265. The molecule has 9 heteroatoms. The minimum atomic E-state index is -0.477. The van der Waals surface area contributed by atoms with Crippen LogP contribution in [0.1, 0.15) is 28.7 Å². The standard InChI is InChI=1S/C21H19N5O3S/c1-3-12-4-6-13(7-5-12)18-24-21(26-25-18)30-11-17-22-16-10-14(20(28)29-2)8-9-15(16)19(27)23-17/h4-10H,3,11H2,1-2H3,(H,22,23,27)(H,24,25,26). The summed E-state index contributed by atoms with van der Waals surface area (Å²) in [5, 5.41) is 8.13. The number of hydrogen-bond donors (Lipinski definition) is 2. The van der Waals surface area contributed by atoms with Gasteiger partial charge in [0.2, 0.25) is 5.16 Å². The lowest BCUT2D eigenvalue weighted by atomic mass is 10.1. The third kappa shape index (κ3) is 4.11. The fraction of sp³-hybridized carbons (Fsp3) is 0.190. The van der Waals surface area contributed by atoms with Crippen molar-refractivity contribution >= 4 is 28.6 Å². The molecular weight excluding hydrogens is 402 g/mol. The van der Waals surface area contributed by atoms with Gasteiger partial charge in [-0.3, -0.25) is 9.89 Å². The Balaban J connectivity index is 1.52. The number of thioether (sulfide) groups is 1. The Morgan fingerprint density at radius 1 is 1.13 bits per heavy atom. The van der Waals surface area contributed by atoms with Crippen LogP contribution in [-0.4, -0.2) is 38.2 Å². The van der Waals surface area contributed by atoms with Crippen molar-refractivity contribution in [1.29, 1.82) is 0 Å². The molecule has 152 valence electrons. The molecule has 0 saturated heterocycles. The maximum atomic E-state index is 12.3. The maximum absolute atomic E-state index is 12.3. The Hall–Kier alpha value is -3.46. The maximum Gasteiger partial charge on any atom is 0.337 e. The van der Waals surface area contributed by atoms with E-state index in [4.69, 9.17) is 4.74 Å². The monoisotopic (exact) mass is 421 g/mol. The first kappa shape index (κ1) is 19.8. The van der Waals surface area contributed by atoms with Gasteiger partial charge >= 0.3 is 5.97 Å². The zero-order valence-electron chi connectivity index (χ0n) is 16.4. The zero-order chi connectivity index (χ0) is 21.1. The molecular formula is C21H19N5O3S. The van der Waals surface area contributed by atoms with Gasteiger partial charge in [0.05, 0.1) is 29.3 Å². The summed E-state index contributed by atoms with van der Waals surface area (Å²) in [5.74, 6) is 1.05. The van der Waals surface area contributed by atoms with Gasteiger partial charge in [-0.25, -0.2) is 14.8 Å². The third-order valence-electron chi connectivity index (χ3n) is 4.62. The number of aromatic nitrogens is 5. The minimum Gasteiger partial charge on any atom is -0.465 e. The molecule has 4 rings (SSSR count). The first-order chi connectivity index (χ1) is 14.6. The molecule has 0 unspecified atom stereocenters. The summed E-state index contributed by atoms with van der Waals surface area (Å²) >= 11 is 1.35. The quantitative estimate of drug-likeness (QED) is 0.362. The molecule has 0 fully saturated rings. The van der Waals surface area contributed by atoms with Crippen LogP contribution in [0.4, 0.5) is 0 Å². The number of benzene rings is 2. The van der Waals surface area contributed by atoms with E-state index in [1.54, 1.807) is 18.2 Å². The van der Waals surface area contributed by atoms with Gasteiger partial charge in [-0.05, 0) is 30.2 Å². The van der Waals surface area contributed by atoms with Gasteiger partial charge in [0.15, 0.2) is 5.82 Å². The van der Waals surface area contributed by atoms with E-state index in [1.165, 1.54) is 24.4 Å². The number of nitrogens with zero attached hydrogens (tertiary/aromatic N) is 3. The van der Waals surface area contributed by atoms with Crippen LogP contribution < -0.4 is 5.56 Å². The second-order valence-electron chi connectivity index (χ2n) is 6.54. The van der Waals surface area contributed by atoms with E-state index >= 15 is 0 Å². The van der Waals surface area contributed by atoms with Gasteiger partial charge in [0, 0.05) is 5.56 Å². The van der Waals surface area contributed by atoms with Crippen molar-refractivity contribution in [3.05, 3.63) is 69.8 Å². The molecule has 2 aromatic heterocycles. The summed E-state index contributed by atoms with van der Waals surface area (Å²) in [7, 11) is 1.31. The average molecular weight is 421 g/mol. The number of rotatable bonds is 6. The number of fused-ring (bicyclic) bond motifs is 1. The lowest BCUT2D eigenvalue weighted by Gasteiger charge is -2.04. The number of nitrogens with one attached hydrogen (secondary N) is 2. The predicted molar refractivity (Wildman–Crippen MR) is 114 cm³/mol. The Morgan fingerprint density at radius 2 is 1.93 bits per heavy atom. The van der Waals surface area contributed by atoms with Gasteiger partial charge < -0.3 is 9.72 Å². The van der Waals surface area contributed by atoms with Crippen LogP contribution in [0.15, 0.2) is 52.4 Å². The van der Waals surface area contributed by atoms with Crippen LogP contribution in [0.5, 0.6) is 0 Å². The highest BCUT2D eigenvalue weighted by Crippen LogP contribution is 2.22. The molecule has 0 aliphatic heterocycles. The van der Waals surface area contributed by atoms with E-state index in [9.17, 15) is 9.59 Å². The molecule has 0 saturated carbocycles. The number of aromatic amines is 2. The molecule has 0 amide bonds. The van der Waals surface area contributed by atoms with Crippen LogP contribution >= 0.6 is 11.8 Å². The number of methoxy groups -OCH3 is 1. The van der Waals surface area contributed by atoms with Gasteiger partial charge in [0.25, 0.3) is 5.56 Å². The summed E-state index contributed by atoms with van der Waals surface area (Å²) in [6.07, 6.45) is 0.982. The van der Waals surface area contributed by atoms with Crippen LogP contribution in [0.2, 0.25) is 0 Å². The highest BCUT2D eigenvalue weighted by molar-refractivity contribution is 7.98. The second-order valence-corrected chi connectivity index (χ2v) is 7.48. The fourth-order valence-corrected chi connectivity index (χ4v) is 3.64. The van der Waals surface area contributed by atoms with Gasteiger partial charge in [-0.1, -0.05) is 43.0 Å².